The third kappa shape index (κ3) is 2.31. The molecule has 3 rings (SSSR count). The van der Waals surface area contributed by atoms with Gasteiger partial charge >= 0.3 is 0 Å². The molecule has 1 aromatic carbocycles. The second-order valence-corrected chi connectivity index (χ2v) is 4.40. The molecule has 5 nitrogen and oxygen atoms in total. The van der Waals surface area contributed by atoms with Crippen LogP contribution in [0, 0.1) is 0 Å². The molecule has 0 unspecified atom stereocenters. The number of methoxy groups -OCH3 is 1. The first-order valence-electron chi connectivity index (χ1n) is 6.21. The van der Waals surface area contributed by atoms with Gasteiger partial charge in [-0.2, -0.15) is 0 Å². The standard InChI is InChI=1S/C15H13N3O2/c1-20-9-11-8-13(19)18-15(17-11)14-12-5-3-2-4-10(12)6-7-16-14/h2-8H,9H2,1H3,(H,17,18,19). The molecule has 2 heterocycles. The first-order valence-corrected chi connectivity index (χ1v) is 6.21. The first-order chi connectivity index (χ1) is 9.78. The second kappa shape index (κ2) is 5.22. The molecule has 0 fully saturated rings. The lowest BCUT2D eigenvalue weighted by molar-refractivity contribution is 0.181. The largest absolute Gasteiger partial charge is 0.378 e. The van der Waals surface area contributed by atoms with Crippen LogP contribution in [0.25, 0.3) is 22.3 Å². The Kier molecular flexibility index (Phi) is 3.26. The van der Waals surface area contributed by atoms with Crippen LogP contribution in [-0.4, -0.2) is 22.1 Å². The number of benzene rings is 1. The number of ether oxygens (including phenoxy) is 1. The van der Waals surface area contributed by atoms with E-state index in [9.17, 15) is 4.79 Å². The summed E-state index contributed by atoms with van der Waals surface area (Å²) < 4.78 is 5.03. The molecule has 100 valence electrons. The van der Waals surface area contributed by atoms with Gasteiger partial charge in [-0.1, -0.05) is 24.3 Å². The van der Waals surface area contributed by atoms with E-state index in [1.54, 1.807) is 13.3 Å². The minimum absolute atomic E-state index is 0.211. The number of aromatic nitrogens is 3. The van der Waals surface area contributed by atoms with Crippen molar-refractivity contribution in [2.24, 2.45) is 0 Å². The molecule has 3 aromatic rings. The maximum Gasteiger partial charge on any atom is 0.251 e. The number of nitrogens with zero attached hydrogens (tertiary/aromatic N) is 2. The average molecular weight is 267 g/mol. The van der Waals surface area contributed by atoms with Gasteiger partial charge in [0.2, 0.25) is 0 Å². The van der Waals surface area contributed by atoms with E-state index in [1.165, 1.54) is 6.07 Å². The van der Waals surface area contributed by atoms with Gasteiger partial charge in [0.05, 0.1) is 12.3 Å². The fraction of sp³-hybridized carbons (Fsp3) is 0.133. The summed E-state index contributed by atoms with van der Waals surface area (Å²) in [6, 6.07) is 11.2. The van der Waals surface area contributed by atoms with Gasteiger partial charge in [-0.3, -0.25) is 9.78 Å². The third-order valence-electron chi connectivity index (χ3n) is 2.98. The van der Waals surface area contributed by atoms with Crippen LogP contribution in [-0.2, 0) is 11.3 Å². The van der Waals surface area contributed by atoms with Crippen molar-refractivity contribution < 1.29 is 4.74 Å². The molecule has 2 aromatic heterocycles. The van der Waals surface area contributed by atoms with Gasteiger partial charge < -0.3 is 9.72 Å². The van der Waals surface area contributed by atoms with E-state index in [1.807, 2.05) is 30.3 Å². The molecule has 5 heteroatoms. The first kappa shape index (κ1) is 12.5. The number of aromatic amines is 1. The molecule has 0 bridgehead atoms. The van der Waals surface area contributed by atoms with Crippen LogP contribution in [0.2, 0.25) is 0 Å². The summed E-state index contributed by atoms with van der Waals surface area (Å²) in [7, 11) is 1.57. The minimum atomic E-state index is -0.211. The fourth-order valence-electron chi connectivity index (χ4n) is 2.15. The summed E-state index contributed by atoms with van der Waals surface area (Å²) >= 11 is 0. The van der Waals surface area contributed by atoms with Crippen molar-refractivity contribution in [3.8, 4) is 11.5 Å². The summed E-state index contributed by atoms with van der Waals surface area (Å²) in [4.78, 5) is 23.2. The Bertz CT molecular complexity index is 806. The highest BCUT2D eigenvalue weighted by Gasteiger charge is 2.09. The van der Waals surface area contributed by atoms with Gasteiger partial charge in [0.15, 0.2) is 5.82 Å². The number of H-pyrrole nitrogens is 1. The fourth-order valence-corrected chi connectivity index (χ4v) is 2.15. The van der Waals surface area contributed by atoms with E-state index < -0.39 is 0 Å². The van der Waals surface area contributed by atoms with Crippen molar-refractivity contribution >= 4 is 10.8 Å². The molecule has 20 heavy (non-hydrogen) atoms. The van der Waals surface area contributed by atoms with Crippen LogP contribution in [0.15, 0.2) is 47.4 Å². The van der Waals surface area contributed by atoms with Crippen molar-refractivity contribution in [2.75, 3.05) is 7.11 Å². The SMILES string of the molecule is COCc1cc(=O)[nH]c(-c2nccc3ccccc23)n1. The molecule has 0 aliphatic heterocycles. The number of hydrogen-bond donors (Lipinski definition) is 1. The lowest BCUT2D eigenvalue weighted by atomic mass is 10.1. The highest BCUT2D eigenvalue weighted by atomic mass is 16.5. The number of pyridine rings is 1. The molecule has 0 aliphatic carbocycles. The summed E-state index contributed by atoms with van der Waals surface area (Å²) in [5.41, 5.74) is 1.04. The van der Waals surface area contributed by atoms with E-state index in [2.05, 4.69) is 15.0 Å². The van der Waals surface area contributed by atoms with Crippen LogP contribution in [0.3, 0.4) is 0 Å². The molecule has 0 saturated carbocycles. The van der Waals surface area contributed by atoms with Crippen LogP contribution < -0.4 is 5.56 Å². The van der Waals surface area contributed by atoms with Gasteiger partial charge in [0, 0.05) is 24.8 Å². The maximum absolute atomic E-state index is 11.7. The Morgan fingerprint density at radius 3 is 2.95 bits per heavy atom. The monoisotopic (exact) mass is 267 g/mol. The molecule has 0 spiro atoms. The van der Waals surface area contributed by atoms with Crippen molar-refractivity contribution in [3.63, 3.8) is 0 Å². The predicted octanol–water partition coefficient (Wildman–Crippen LogP) is 2.13. The Morgan fingerprint density at radius 2 is 2.10 bits per heavy atom. The smallest absolute Gasteiger partial charge is 0.251 e. The normalized spacial score (nSPS) is 10.8. The summed E-state index contributed by atoms with van der Waals surface area (Å²) in [5, 5.41) is 2.00. The highest BCUT2D eigenvalue weighted by Crippen LogP contribution is 2.23. The lowest BCUT2D eigenvalue weighted by Crippen LogP contribution is -2.11. The van der Waals surface area contributed by atoms with Crippen LogP contribution in [0.1, 0.15) is 5.69 Å². The topological polar surface area (TPSA) is 67.9 Å². The molecule has 0 atom stereocenters. The van der Waals surface area contributed by atoms with Crippen molar-refractivity contribution in [1.29, 1.82) is 0 Å². The number of fused-ring (bicyclic) bond motifs is 1. The van der Waals surface area contributed by atoms with Crippen LogP contribution in [0.4, 0.5) is 0 Å². The summed E-state index contributed by atoms with van der Waals surface area (Å²) in [5.74, 6) is 0.460. The number of nitrogens with one attached hydrogen (secondary N) is 1. The Morgan fingerprint density at radius 1 is 1.25 bits per heavy atom. The zero-order chi connectivity index (χ0) is 13.9. The molecule has 1 N–H and O–H groups in total. The molecule has 0 aliphatic rings. The molecular formula is C15H13N3O2. The van der Waals surface area contributed by atoms with E-state index >= 15 is 0 Å². The molecule has 0 radical (unpaired) electrons. The van der Waals surface area contributed by atoms with Crippen molar-refractivity contribution in [3.05, 3.63) is 58.6 Å². The van der Waals surface area contributed by atoms with Gasteiger partial charge in [-0.05, 0) is 11.5 Å². The van der Waals surface area contributed by atoms with Gasteiger partial charge in [0.25, 0.3) is 5.56 Å². The van der Waals surface area contributed by atoms with E-state index in [0.29, 0.717) is 23.8 Å². The van der Waals surface area contributed by atoms with E-state index in [-0.39, 0.29) is 5.56 Å². The minimum Gasteiger partial charge on any atom is -0.378 e. The van der Waals surface area contributed by atoms with Crippen molar-refractivity contribution in [1.82, 2.24) is 15.0 Å². The zero-order valence-corrected chi connectivity index (χ0v) is 11.0. The van der Waals surface area contributed by atoms with Gasteiger partial charge in [-0.15, -0.1) is 0 Å². The number of hydrogen-bond acceptors (Lipinski definition) is 4. The lowest BCUT2D eigenvalue weighted by Gasteiger charge is -2.06. The second-order valence-electron chi connectivity index (χ2n) is 4.40. The van der Waals surface area contributed by atoms with E-state index in [0.717, 1.165) is 10.8 Å². The third-order valence-corrected chi connectivity index (χ3v) is 2.98. The van der Waals surface area contributed by atoms with Crippen LogP contribution in [0.5, 0.6) is 0 Å². The zero-order valence-electron chi connectivity index (χ0n) is 11.0. The highest BCUT2D eigenvalue weighted by molar-refractivity contribution is 5.92. The van der Waals surface area contributed by atoms with E-state index in [4.69, 9.17) is 4.74 Å². The average Bonchev–Trinajstić information content (AvgIpc) is 2.46. The van der Waals surface area contributed by atoms with Crippen LogP contribution >= 0.6 is 0 Å². The Balaban J connectivity index is 2.23. The molecule has 0 amide bonds. The predicted molar refractivity (Wildman–Crippen MR) is 76.3 cm³/mol. The Hall–Kier alpha value is -2.53. The summed E-state index contributed by atoms with van der Waals surface area (Å²) in [6.45, 7) is 0.293. The summed E-state index contributed by atoms with van der Waals surface area (Å²) in [6.07, 6.45) is 1.71. The molecular weight excluding hydrogens is 254 g/mol. The van der Waals surface area contributed by atoms with Gasteiger partial charge in [-0.25, -0.2) is 4.98 Å². The Labute approximate surface area is 115 Å². The number of rotatable bonds is 3. The van der Waals surface area contributed by atoms with Gasteiger partial charge in [0.1, 0.15) is 5.69 Å². The maximum atomic E-state index is 11.7. The van der Waals surface area contributed by atoms with Crippen molar-refractivity contribution in [2.45, 2.75) is 6.61 Å². The quantitative estimate of drug-likeness (QED) is 0.789. The molecule has 0 saturated heterocycles.